The van der Waals surface area contributed by atoms with Gasteiger partial charge in [0.25, 0.3) is 0 Å². The van der Waals surface area contributed by atoms with Crippen LogP contribution in [0.4, 0.5) is 0 Å². The fourth-order valence-electron chi connectivity index (χ4n) is 2.30. The van der Waals surface area contributed by atoms with Crippen LogP contribution in [0.2, 0.25) is 0 Å². The van der Waals surface area contributed by atoms with Crippen LogP contribution >= 0.6 is 11.3 Å². The van der Waals surface area contributed by atoms with Gasteiger partial charge in [-0.1, -0.05) is 37.3 Å². The van der Waals surface area contributed by atoms with E-state index in [4.69, 9.17) is 0 Å². The lowest BCUT2D eigenvalue weighted by Crippen LogP contribution is -2.31. The molecule has 96 valence electrons. The van der Waals surface area contributed by atoms with Gasteiger partial charge >= 0.3 is 0 Å². The predicted octanol–water partition coefficient (Wildman–Crippen LogP) is 4.42. The maximum atomic E-state index is 3.73. The van der Waals surface area contributed by atoms with Gasteiger partial charge in [-0.15, -0.1) is 0 Å². The molecular formula is C16H21NS. The summed E-state index contributed by atoms with van der Waals surface area (Å²) in [5.74, 6) is 0. The predicted molar refractivity (Wildman–Crippen MR) is 80.1 cm³/mol. The second kappa shape index (κ2) is 6.72. The summed E-state index contributed by atoms with van der Waals surface area (Å²) in [6.07, 6.45) is 2.23. The van der Waals surface area contributed by atoms with E-state index in [1.165, 1.54) is 11.1 Å². The minimum Gasteiger partial charge on any atom is -0.307 e. The Balaban J connectivity index is 1.94. The van der Waals surface area contributed by atoms with E-state index < -0.39 is 0 Å². The fraction of sp³-hybridized carbons (Fsp3) is 0.375. The third-order valence-electron chi connectivity index (χ3n) is 3.22. The van der Waals surface area contributed by atoms with E-state index in [9.17, 15) is 0 Å². The van der Waals surface area contributed by atoms with Crippen molar-refractivity contribution in [1.29, 1.82) is 0 Å². The van der Waals surface area contributed by atoms with Crippen molar-refractivity contribution in [3.05, 3.63) is 58.3 Å². The zero-order valence-corrected chi connectivity index (χ0v) is 11.9. The van der Waals surface area contributed by atoms with Crippen LogP contribution in [0, 0.1) is 0 Å². The Bertz CT molecular complexity index is 435. The molecule has 0 saturated heterocycles. The van der Waals surface area contributed by atoms with Gasteiger partial charge in [0.1, 0.15) is 0 Å². The number of rotatable bonds is 6. The van der Waals surface area contributed by atoms with Gasteiger partial charge in [-0.2, -0.15) is 11.3 Å². The molecule has 0 amide bonds. The van der Waals surface area contributed by atoms with Gasteiger partial charge in [-0.05, 0) is 47.7 Å². The highest BCUT2D eigenvalue weighted by Gasteiger charge is 2.12. The molecular weight excluding hydrogens is 238 g/mol. The number of thiophene rings is 1. The third-order valence-corrected chi connectivity index (χ3v) is 3.95. The van der Waals surface area contributed by atoms with Gasteiger partial charge < -0.3 is 5.32 Å². The Morgan fingerprint density at radius 1 is 1.17 bits per heavy atom. The first kappa shape index (κ1) is 13.3. The van der Waals surface area contributed by atoms with Crippen LogP contribution in [0.5, 0.6) is 0 Å². The number of hydrogen-bond donors (Lipinski definition) is 1. The van der Waals surface area contributed by atoms with Gasteiger partial charge in [-0.3, -0.25) is 0 Å². The highest BCUT2D eigenvalue weighted by Crippen LogP contribution is 2.18. The second-order valence-corrected chi connectivity index (χ2v) is 5.55. The molecule has 0 spiro atoms. The van der Waals surface area contributed by atoms with Crippen LogP contribution < -0.4 is 5.32 Å². The van der Waals surface area contributed by atoms with E-state index >= 15 is 0 Å². The summed E-state index contributed by atoms with van der Waals surface area (Å²) < 4.78 is 0. The number of nitrogens with one attached hydrogen (secondary N) is 1. The minimum absolute atomic E-state index is 0.458. The summed E-state index contributed by atoms with van der Waals surface area (Å²) in [4.78, 5) is 0. The molecule has 0 saturated carbocycles. The zero-order valence-electron chi connectivity index (χ0n) is 11.1. The molecule has 2 heteroatoms. The maximum absolute atomic E-state index is 3.73. The lowest BCUT2D eigenvalue weighted by Gasteiger charge is -2.22. The Hall–Kier alpha value is -1.12. The van der Waals surface area contributed by atoms with Crippen molar-refractivity contribution in [1.82, 2.24) is 5.32 Å². The van der Waals surface area contributed by atoms with Crippen molar-refractivity contribution in [3.8, 4) is 0 Å². The van der Waals surface area contributed by atoms with E-state index in [0.29, 0.717) is 12.1 Å². The molecule has 1 nitrogen and oxygen atoms in total. The average Bonchev–Trinajstić information content (AvgIpc) is 2.90. The van der Waals surface area contributed by atoms with Gasteiger partial charge in [-0.25, -0.2) is 0 Å². The van der Waals surface area contributed by atoms with E-state index in [1.807, 2.05) is 0 Å². The van der Waals surface area contributed by atoms with Crippen LogP contribution in [0.1, 0.15) is 37.4 Å². The van der Waals surface area contributed by atoms with Crippen LogP contribution in [-0.2, 0) is 6.42 Å². The van der Waals surface area contributed by atoms with Crippen LogP contribution in [0.3, 0.4) is 0 Å². The molecule has 0 aliphatic carbocycles. The first-order valence-electron chi connectivity index (χ1n) is 6.61. The maximum Gasteiger partial charge on any atom is 0.0320 e. The zero-order chi connectivity index (χ0) is 12.8. The molecule has 0 radical (unpaired) electrons. The van der Waals surface area contributed by atoms with Crippen molar-refractivity contribution in [2.75, 3.05) is 0 Å². The van der Waals surface area contributed by atoms with Crippen molar-refractivity contribution in [3.63, 3.8) is 0 Å². The largest absolute Gasteiger partial charge is 0.307 e. The van der Waals surface area contributed by atoms with Crippen LogP contribution in [0.15, 0.2) is 47.2 Å². The highest BCUT2D eigenvalue weighted by atomic mass is 32.1. The van der Waals surface area contributed by atoms with Gasteiger partial charge in [0.15, 0.2) is 0 Å². The summed E-state index contributed by atoms with van der Waals surface area (Å²) in [7, 11) is 0. The lowest BCUT2D eigenvalue weighted by molar-refractivity contribution is 0.444. The summed E-state index contributed by atoms with van der Waals surface area (Å²) in [5.41, 5.74) is 2.82. The number of benzene rings is 1. The average molecular weight is 259 g/mol. The third kappa shape index (κ3) is 3.69. The van der Waals surface area contributed by atoms with Gasteiger partial charge in [0.2, 0.25) is 0 Å². The summed E-state index contributed by atoms with van der Waals surface area (Å²) >= 11 is 1.77. The lowest BCUT2D eigenvalue weighted by atomic mass is 10.0. The SMILES string of the molecule is CCC(NC(C)Cc1ccsc1)c1ccccc1. The molecule has 2 rings (SSSR count). The molecule has 1 N–H and O–H groups in total. The minimum atomic E-state index is 0.458. The van der Waals surface area contributed by atoms with Crippen molar-refractivity contribution in [2.24, 2.45) is 0 Å². The molecule has 0 aliphatic heterocycles. The Kier molecular flexibility index (Phi) is 4.97. The van der Waals surface area contributed by atoms with E-state index in [1.54, 1.807) is 11.3 Å². The van der Waals surface area contributed by atoms with Crippen LogP contribution in [-0.4, -0.2) is 6.04 Å². The first-order valence-corrected chi connectivity index (χ1v) is 7.56. The normalized spacial score (nSPS) is 14.3. The molecule has 1 aromatic carbocycles. The second-order valence-electron chi connectivity index (χ2n) is 4.77. The monoisotopic (exact) mass is 259 g/mol. The van der Waals surface area contributed by atoms with Gasteiger partial charge in [0, 0.05) is 12.1 Å². The summed E-state index contributed by atoms with van der Waals surface area (Å²) in [5, 5.41) is 8.11. The molecule has 2 unspecified atom stereocenters. The quantitative estimate of drug-likeness (QED) is 0.809. The summed E-state index contributed by atoms with van der Waals surface area (Å²) in [6.45, 7) is 4.51. The molecule has 1 heterocycles. The molecule has 1 aromatic heterocycles. The topological polar surface area (TPSA) is 12.0 Å². The fourth-order valence-corrected chi connectivity index (χ4v) is 2.98. The van der Waals surface area contributed by atoms with Gasteiger partial charge in [0.05, 0.1) is 0 Å². The van der Waals surface area contributed by atoms with Crippen LogP contribution in [0.25, 0.3) is 0 Å². The Morgan fingerprint density at radius 3 is 2.56 bits per heavy atom. The van der Waals surface area contributed by atoms with E-state index in [2.05, 4.69) is 66.3 Å². The standard InChI is InChI=1S/C16H21NS/c1-3-16(15-7-5-4-6-8-15)17-13(2)11-14-9-10-18-12-14/h4-10,12-13,16-17H,3,11H2,1-2H3. The van der Waals surface area contributed by atoms with Crippen molar-refractivity contribution in [2.45, 2.75) is 38.8 Å². The van der Waals surface area contributed by atoms with Crippen molar-refractivity contribution < 1.29 is 0 Å². The molecule has 0 bridgehead atoms. The summed E-state index contributed by atoms with van der Waals surface area (Å²) in [6, 6.07) is 13.9. The number of hydrogen-bond acceptors (Lipinski definition) is 2. The molecule has 0 aliphatic rings. The molecule has 0 fully saturated rings. The van der Waals surface area contributed by atoms with E-state index in [-0.39, 0.29) is 0 Å². The van der Waals surface area contributed by atoms with Crippen molar-refractivity contribution >= 4 is 11.3 Å². The molecule has 18 heavy (non-hydrogen) atoms. The smallest absolute Gasteiger partial charge is 0.0320 e. The highest BCUT2D eigenvalue weighted by molar-refractivity contribution is 7.07. The Morgan fingerprint density at radius 2 is 1.94 bits per heavy atom. The first-order chi connectivity index (χ1) is 8.79. The van der Waals surface area contributed by atoms with E-state index in [0.717, 1.165) is 12.8 Å². The Labute approximate surface area is 114 Å². The molecule has 2 atom stereocenters. The molecule has 2 aromatic rings.